The standard InChI is InChI=1S/C21H21N5O5/c1-3-30-18-11-14(10-17(26(28)29)20(18)31-4-2)13-22-25-21-23-16(12-19(27)24-21)15-8-6-5-7-9-15/h5-13H,3-4H2,1-2H3,(H2,23,24,25,27)/b22-13-. The SMILES string of the molecule is CCOc1cc(/C=N\Nc2nc(-c3ccccc3)cc(=O)[nH]2)cc([N+](=O)[O-])c1OCC. The molecule has 3 aromatic rings. The Morgan fingerprint density at radius 2 is 1.90 bits per heavy atom. The molecule has 0 amide bonds. The Labute approximate surface area is 177 Å². The van der Waals surface area contributed by atoms with Gasteiger partial charge in [-0.15, -0.1) is 0 Å². The van der Waals surface area contributed by atoms with E-state index in [2.05, 4.69) is 20.5 Å². The summed E-state index contributed by atoms with van der Waals surface area (Å²) in [5.41, 5.74) is 3.74. The fourth-order valence-corrected chi connectivity index (χ4v) is 2.81. The molecule has 2 aromatic carbocycles. The van der Waals surface area contributed by atoms with Gasteiger partial charge in [0, 0.05) is 23.3 Å². The van der Waals surface area contributed by atoms with Gasteiger partial charge in [-0.2, -0.15) is 5.10 Å². The molecule has 10 nitrogen and oxygen atoms in total. The highest BCUT2D eigenvalue weighted by molar-refractivity contribution is 5.83. The van der Waals surface area contributed by atoms with Crippen LogP contribution >= 0.6 is 0 Å². The number of ether oxygens (including phenoxy) is 2. The summed E-state index contributed by atoms with van der Waals surface area (Å²) in [6.07, 6.45) is 1.36. The van der Waals surface area contributed by atoms with Crippen LogP contribution < -0.4 is 20.5 Å². The Morgan fingerprint density at radius 1 is 1.16 bits per heavy atom. The smallest absolute Gasteiger partial charge is 0.315 e. The van der Waals surface area contributed by atoms with Crippen LogP contribution in [0.3, 0.4) is 0 Å². The highest BCUT2D eigenvalue weighted by Gasteiger charge is 2.22. The molecule has 0 unspecified atom stereocenters. The molecule has 0 fully saturated rings. The van der Waals surface area contributed by atoms with Crippen molar-refractivity contribution in [3.05, 3.63) is 74.6 Å². The number of aromatic amines is 1. The summed E-state index contributed by atoms with van der Waals surface area (Å²) in [6, 6.07) is 13.5. The maximum Gasteiger partial charge on any atom is 0.315 e. The van der Waals surface area contributed by atoms with Crippen molar-refractivity contribution in [1.82, 2.24) is 9.97 Å². The van der Waals surface area contributed by atoms with E-state index >= 15 is 0 Å². The molecule has 0 bridgehead atoms. The van der Waals surface area contributed by atoms with Crippen LogP contribution in [0.1, 0.15) is 19.4 Å². The molecule has 160 valence electrons. The fraction of sp³-hybridized carbons (Fsp3) is 0.190. The number of H-pyrrole nitrogens is 1. The first-order chi connectivity index (χ1) is 15.0. The highest BCUT2D eigenvalue weighted by atomic mass is 16.6. The highest BCUT2D eigenvalue weighted by Crippen LogP contribution is 2.38. The third-order valence-electron chi connectivity index (χ3n) is 4.04. The van der Waals surface area contributed by atoms with E-state index in [1.165, 1.54) is 18.3 Å². The second-order valence-corrected chi connectivity index (χ2v) is 6.21. The molecule has 0 radical (unpaired) electrons. The number of nitrogens with zero attached hydrogens (tertiary/aromatic N) is 3. The van der Waals surface area contributed by atoms with Gasteiger partial charge in [-0.05, 0) is 19.9 Å². The molecule has 1 aromatic heterocycles. The summed E-state index contributed by atoms with van der Waals surface area (Å²) in [6.45, 7) is 4.07. The molecule has 0 aliphatic heterocycles. The average Bonchev–Trinajstić information content (AvgIpc) is 2.75. The van der Waals surface area contributed by atoms with Gasteiger partial charge in [-0.25, -0.2) is 10.4 Å². The lowest BCUT2D eigenvalue weighted by Crippen LogP contribution is -2.10. The van der Waals surface area contributed by atoms with E-state index in [1.807, 2.05) is 30.3 Å². The average molecular weight is 423 g/mol. The zero-order chi connectivity index (χ0) is 22.2. The molecule has 0 atom stereocenters. The minimum atomic E-state index is -0.541. The second kappa shape index (κ2) is 10.0. The molecule has 31 heavy (non-hydrogen) atoms. The van der Waals surface area contributed by atoms with Gasteiger partial charge in [0.2, 0.25) is 11.7 Å². The van der Waals surface area contributed by atoms with Gasteiger partial charge >= 0.3 is 5.69 Å². The Bertz CT molecular complexity index is 1140. The number of hydrogen-bond acceptors (Lipinski definition) is 8. The number of hydrazone groups is 1. The largest absolute Gasteiger partial charge is 0.490 e. The van der Waals surface area contributed by atoms with Crippen molar-refractivity contribution in [3.63, 3.8) is 0 Å². The Balaban J connectivity index is 1.88. The van der Waals surface area contributed by atoms with Crippen LogP contribution in [0.25, 0.3) is 11.3 Å². The lowest BCUT2D eigenvalue weighted by molar-refractivity contribution is -0.385. The summed E-state index contributed by atoms with van der Waals surface area (Å²) in [5, 5.41) is 15.5. The zero-order valence-corrected chi connectivity index (χ0v) is 17.0. The number of nitro benzene ring substituents is 1. The summed E-state index contributed by atoms with van der Waals surface area (Å²) >= 11 is 0. The van der Waals surface area contributed by atoms with E-state index in [9.17, 15) is 14.9 Å². The molecule has 0 aliphatic rings. The Hall–Kier alpha value is -4.21. The minimum Gasteiger partial charge on any atom is -0.490 e. The van der Waals surface area contributed by atoms with E-state index in [4.69, 9.17) is 9.47 Å². The molecule has 0 aliphatic carbocycles. The van der Waals surface area contributed by atoms with Crippen LogP contribution in [0, 0.1) is 10.1 Å². The van der Waals surface area contributed by atoms with Crippen LogP contribution in [0.4, 0.5) is 11.6 Å². The van der Waals surface area contributed by atoms with E-state index < -0.39 is 4.92 Å². The van der Waals surface area contributed by atoms with Gasteiger partial charge in [0.05, 0.1) is 30.0 Å². The Morgan fingerprint density at radius 3 is 2.58 bits per heavy atom. The molecular formula is C21H21N5O5. The monoisotopic (exact) mass is 423 g/mol. The first-order valence-electron chi connectivity index (χ1n) is 9.55. The van der Waals surface area contributed by atoms with Gasteiger partial charge < -0.3 is 9.47 Å². The molecule has 0 saturated heterocycles. The van der Waals surface area contributed by atoms with E-state index in [-0.39, 0.29) is 35.3 Å². The number of nitro groups is 1. The molecule has 3 rings (SSSR count). The summed E-state index contributed by atoms with van der Waals surface area (Å²) in [5.74, 6) is 0.451. The first kappa shape index (κ1) is 21.5. The number of aromatic nitrogens is 2. The maximum absolute atomic E-state index is 12.0. The number of benzene rings is 2. The van der Waals surface area contributed by atoms with Crippen molar-refractivity contribution in [3.8, 4) is 22.8 Å². The minimum absolute atomic E-state index is 0.0704. The van der Waals surface area contributed by atoms with Gasteiger partial charge in [-0.1, -0.05) is 30.3 Å². The van der Waals surface area contributed by atoms with Crippen LogP contribution in [-0.2, 0) is 0 Å². The third kappa shape index (κ3) is 5.44. The third-order valence-corrected chi connectivity index (χ3v) is 4.04. The van der Waals surface area contributed by atoms with Gasteiger partial charge in [0.1, 0.15) is 0 Å². The van der Waals surface area contributed by atoms with Gasteiger partial charge in [0.15, 0.2) is 5.75 Å². The van der Waals surface area contributed by atoms with Crippen molar-refractivity contribution in [2.45, 2.75) is 13.8 Å². The quantitative estimate of drug-likeness (QED) is 0.305. The van der Waals surface area contributed by atoms with Crippen LogP contribution in [0.15, 0.2) is 58.4 Å². The molecule has 2 N–H and O–H groups in total. The van der Waals surface area contributed by atoms with Crippen molar-refractivity contribution in [2.75, 3.05) is 18.6 Å². The molecule has 10 heteroatoms. The number of rotatable bonds is 9. The normalized spacial score (nSPS) is 10.8. The van der Waals surface area contributed by atoms with E-state index in [1.54, 1.807) is 19.9 Å². The predicted molar refractivity (Wildman–Crippen MR) is 117 cm³/mol. The van der Waals surface area contributed by atoms with Crippen LogP contribution in [-0.4, -0.2) is 34.3 Å². The number of nitrogens with one attached hydrogen (secondary N) is 2. The molecular weight excluding hydrogens is 402 g/mol. The van der Waals surface area contributed by atoms with Crippen LogP contribution in [0.5, 0.6) is 11.5 Å². The number of hydrogen-bond donors (Lipinski definition) is 2. The maximum atomic E-state index is 12.0. The topological polar surface area (TPSA) is 132 Å². The van der Waals surface area contributed by atoms with Crippen molar-refractivity contribution >= 4 is 17.9 Å². The van der Waals surface area contributed by atoms with Crippen molar-refractivity contribution in [1.29, 1.82) is 0 Å². The lowest BCUT2D eigenvalue weighted by Gasteiger charge is -2.11. The van der Waals surface area contributed by atoms with E-state index in [0.717, 1.165) is 5.56 Å². The lowest BCUT2D eigenvalue weighted by atomic mass is 10.1. The Kier molecular flexibility index (Phi) is 6.94. The zero-order valence-electron chi connectivity index (χ0n) is 17.0. The summed E-state index contributed by atoms with van der Waals surface area (Å²) < 4.78 is 10.9. The van der Waals surface area contributed by atoms with Gasteiger partial charge in [-0.3, -0.25) is 19.9 Å². The summed E-state index contributed by atoms with van der Waals surface area (Å²) in [4.78, 5) is 29.8. The molecule has 0 saturated carbocycles. The predicted octanol–water partition coefficient (Wildman–Crippen LogP) is 3.59. The van der Waals surface area contributed by atoms with Crippen LogP contribution in [0.2, 0.25) is 0 Å². The summed E-state index contributed by atoms with van der Waals surface area (Å²) in [7, 11) is 0. The van der Waals surface area contributed by atoms with E-state index in [0.29, 0.717) is 17.9 Å². The molecule has 1 heterocycles. The molecule has 0 spiro atoms. The number of anilines is 1. The van der Waals surface area contributed by atoms with Crippen molar-refractivity contribution in [2.24, 2.45) is 5.10 Å². The first-order valence-corrected chi connectivity index (χ1v) is 9.55. The van der Waals surface area contributed by atoms with Gasteiger partial charge in [0.25, 0.3) is 5.56 Å². The second-order valence-electron chi connectivity index (χ2n) is 6.21. The van der Waals surface area contributed by atoms with Crippen molar-refractivity contribution < 1.29 is 14.4 Å². The fourth-order valence-electron chi connectivity index (χ4n) is 2.81.